The molecule has 3 rings (SSSR count). The van der Waals surface area contributed by atoms with E-state index in [-0.39, 0.29) is 17.7 Å². The van der Waals surface area contributed by atoms with Crippen molar-refractivity contribution in [1.82, 2.24) is 9.88 Å². The molecule has 0 N–H and O–H groups in total. The highest BCUT2D eigenvalue weighted by Gasteiger charge is 2.44. The van der Waals surface area contributed by atoms with Gasteiger partial charge in [-0.25, -0.2) is 4.39 Å². The third kappa shape index (κ3) is 3.23. The summed E-state index contributed by atoms with van der Waals surface area (Å²) in [5.74, 6) is -3.58. The Labute approximate surface area is 142 Å². The fourth-order valence-corrected chi connectivity index (χ4v) is 2.83. The van der Waals surface area contributed by atoms with E-state index in [1.807, 2.05) is 0 Å². The molecule has 1 aromatic heterocycles. The zero-order valence-electron chi connectivity index (χ0n) is 12.7. The summed E-state index contributed by atoms with van der Waals surface area (Å²) in [4.78, 5) is 15.3. The molecule has 1 amide bonds. The van der Waals surface area contributed by atoms with Gasteiger partial charge in [-0.2, -0.15) is 26.3 Å². The second-order valence-corrected chi connectivity index (χ2v) is 5.68. The van der Waals surface area contributed by atoms with Crippen molar-refractivity contribution in [1.29, 1.82) is 0 Å². The van der Waals surface area contributed by atoms with Crippen LogP contribution in [0.25, 0.3) is 11.1 Å². The second-order valence-electron chi connectivity index (χ2n) is 5.68. The number of benzene rings is 1. The Morgan fingerprint density at radius 2 is 1.65 bits per heavy atom. The standard InChI is InChI=1S/C16H9F7N2O/c17-12-5-24-4-11(13(12)15(18,19)20)8-1-2-9-6-25(7-10(9)3-8)14(26)16(21,22)23/h1-5H,6-7H2. The lowest BCUT2D eigenvalue weighted by Crippen LogP contribution is -2.37. The number of fused-ring (bicyclic) bond motifs is 1. The van der Waals surface area contributed by atoms with Gasteiger partial charge in [0.1, 0.15) is 5.56 Å². The van der Waals surface area contributed by atoms with Gasteiger partial charge in [0.25, 0.3) is 0 Å². The number of aromatic nitrogens is 1. The first-order valence-electron chi connectivity index (χ1n) is 7.17. The number of alkyl halides is 6. The van der Waals surface area contributed by atoms with Crippen LogP contribution < -0.4 is 0 Å². The third-order valence-electron chi connectivity index (χ3n) is 3.95. The Balaban J connectivity index is 1.99. The van der Waals surface area contributed by atoms with E-state index >= 15 is 0 Å². The number of rotatable bonds is 1. The lowest BCUT2D eigenvalue weighted by Gasteiger charge is -2.16. The number of pyridine rings is 1. The summed E-state index contributed by atoms with van der Waals surface area (Å²) in [5.41, 5.74) is -1.44. The molecule has 0 radical (unpaired) electrons. The van der Waals surface area contributed by atoms with E-state index in [1.54, 1.807) is 0 Å². The first kappa shape index (κ1) is 18.2. The fourth-order valence-electron chi connectivity index (χ4n) is 2.83. The average Bonchev–Trinajstić information content (AvgIpc) is 2.94. The van der Waals surface area contributed by atoms with E-state index in [9.17, 15) is 35.5 Å². The monoisotopic (exact) mass is 378 g/mol. The summed E-state index contributed by atoms with van der Waals surface area (Å²) in [5, 5.41) is 0. The summed E-state index contributed by atoms with van der Waals surface area (Å²) < 4.78 is 90.6. The van der Waals surface area contributed by atoms with Gasteiger partial charge >= 0.3 is 18.3 Å². The highest BCUT2D eigenvalue weighted by atomic mass is 19.4. The van der Waals surface area contributed by atoms with Crippen LogP contribution in [0.5, 0.6) is 0 Å². The van der Waals surface area contributed by atoms with E-state index in [2.05, 4.69) is 4.98 Å². The summed E-state index contributed by atoms with van der Waals surface area (Å²) in [6.45, 7) is -0.701. The van der Waals surface area contributed by atoms with Crippen LogP contribution in [0.2, 0.25) is 0 Å². The molecule has 138 valence electrons. The van der Waals surface area contributed by atoms with Crippen LogP contribution in [-0.4, -0.2) is 22.0 Å². The summed E-state index contributed by atoms with van der Waals surface area (Å²) in [6, 6.07) is 3.76. The minimum atomic E-state index is -5.04. The number of nitrogens with zero attached hydrogens (tertiary/aromatic N) is 2. The molecule has 10 heteroatoms. The second kappa shape index (κ2) is 5.96. The highest BCUT2D eigenvalue weighted by Crippen LogP contribution is 2.39. The van der Waals surface area contributed by atoms with Crippen LogP contribution in [0, 0.1) is 5.82 Å². The molecular formula is C16H9F7N2O. The van der Waals surface area contributed by atoms with Gasteiger partial charge < -0.3 is 4.90 Å². The molecular weight excluding hydrogens is 369 g/mol. The van der Waals surface area contributed by atoms with E-state index in [4.69, 9.17) is 0 Å². The molecule has 0 spiro atoms. The Bertz CT molecular complexity index is 874. The molecule has 0 fully saturated rings. The molecule has 1 aromatic carbocycles. The zero-order chi connectivity index (χ0) is 19.3. The summed E-state index contributed by atoms with van der Waals surface area (Å²) in [7, 11) is 0. The maximum absolute atomic E-state index is 13.6. The zero-order valence-corrected chi connectivity index (χ0v) is 12.7. The van der Waals surface area contributed by atoms with Crippen LogP contribution >= 0.6 is 0 Å². The van der Waals surface area contributed by atoms with E-state index < -0.39 is 41.7 Å². The van der Waals surface area contributed by atoms with Crippen LogP contribution in [0.3, 0.4) is 0 Å². The maximum atomic E-state index is 13.6. The molecule has 26 heavy (non-hydrogen) atoms. The first-order valence-corrected chi connectivity index (χ1v) is 7.17. The lowest BCUT2D eigenvalue weighted by atomic mass is 9.98. The number of carbonyl (C=O) groups is 1. The Morgan fingerprint density at radius 3 is 2.27 bits per heavy atom. The van der Waals surface area contributed by atoms with Crippen LogP contribution in [0.1, 0.15) is 16.7 Å². The molecule has 3 nitrogen and oxygen atoms in total. The smallest absolute Gasteiger partial charge is 0.326 e. The van der Waals surface area contributed by atoms with Crippen molar-refractivity contribution in [3.63, 3.8) is 0 Å². The molecule has 1 aliphatic rings. The minimum Gasteiger partial charge on any atom is -0.326 e. The van der Waals surface area contributed by atoms with Gasteiger partial charge in [0.15, 0.2) is 5.82 Å². The van der Waals surface area contributed by atoms with Gasteiger partial charge in [-0.3, -0.25) is 9.78 Å². The predicted molar refractivity (Wildman–Crippen MR) is 74.9 cm³/mol. The van der Waals surface area contributed by atoms with Gasteiger partial charge in [0.05, 0.1) is 6.20 Å². The lowest BCUT2D eigenvalue weighted by molar-refractivity contribution is -0.186. The van der Waals surface area contributed by atoms with Crippen LogP contribution in [-0.2, 0) is 24.1 Å². The quantitative estimate of drug-likeness (QED) is 0.693. The molecule has 0 saturated carbocycles. The van der Waals surface area contributed by atoms with Crippen molar-refractivity contribution < 1.29 is 35.5 Å². The minimum absolute atomic E-state index is 0.0515. The molecule has 0 aliphatic carbocycles. The molecule has 0 atom stereocenters. The SMILES string of the molecule is O=C(N1Cc2ccc(-c3cncc(F)c3C(F)(F)F)cc2C1)C(F)(F)F. The molecule has 0 bridgehead atoms. The van der Waals surface area contributed by atoms with E-state index in [1.165, 1.54) is 18.2 Å². The van der Waals surface area contributed by atoms with Crippen molar-refractivity contribution in [3.8, 4) is 11.1 Å². The largest absolute Gasteiger partial charge is 0.471 e. The topological polar surface area (TPSA) is 33.2 Å². The van der Waals surface area contributed by atoms with Crippen molar-refractivity contribution in [3.05, 3.63) is 53.1 Å². The molecule has 1 aliphatic heterocycles. The van der Waals surface area contributed by atoms with Crippen molar-refractivity contribution in [2.45, 2.75) is 25.4 Å². The summed E-state index contributed by atoms with van der Waals surface area (Å²) in [6.07, 6.45) is -8.74. The number of hydrogen-bond donors (Lipinski definition) is 0. The number of amides is 1. The Hall–Kier alpha value is -2.65. The van der Waals surface area contributed by atoms with Crippen molar-refractivity contribution >= 4 is 5.91 Å². The maximum Gasteiger partial charge on any atom is 0.471 e. The van der Waals surface area contributed by atoms with E-state index in [0.29, 0.717) is 16.7 Å². The number of hydrogen-bond acceptors (Lipinski definition) is 2. The normalized spacial score (nSPS) is 14.5. The van der Waals surface area contributed by atoms with Gasteiger partial charge in [-0.15, -0.1) is 0 Å². The Morgan fingerprint density at radius 1 is 1.00 bits per heavy atom. The van der Waals surface area contributed by atoms with Gasteiger partial charge in [-0.05, 0) is 22.8 Å². The number of halogens is 7. The van der Waals surface area contributed by atoms with Gasteiger partial charge in [0, 0.05) is 24.8 Å². The van der Waals surface area contributed by atoms with Gasteiger partial charge in [-0.1, -0.05) is 12.1 Å². The number of carbonyl (C=O) groups excluding carboxylic acids is 1. The average molecular weight is 378 g/mol. The molecule has 0 unspecified atom stereocenters. The Kier molecular flexibility index (Phi) is 4.16. The predicted octanol–water partition coefficient (Wildman–Crippen LogP) is 4.31. The highest BCUT2D eigenvalue weighted by molar-refractivity contribution is 5.82. The van der Waals surface area contributed by atoms with Crippen molar-refractivity contribution in [2.75, 3.05) is 0 Å². The van der Waals surface area contributed by atoms with E-state index in [0.717, 1.165) is 6.20 Å². The van der Waals surface area contributed by atoms with Crippen LogP contribution in [0.4, 0.5) is 30.7 Å². The van der Waals surface area contributed by atoms with Gasteiger partial charge in [0.2, 0.25) is 0 Å². The third-order valence-corrected chi connectivity index (χ3v) is 3.95. The first-order chi connectivity index (χ1) is 12.0. The molecule has 2 heterocycles. The summed E-state index contributed by atoms with van der Waals surface area (Å²) >= 11 is 0. The van der Waals surface area contributed by atoms with Crippen molar-refractivity contribution in [2.24, 2.45) is 0 Å². The molecule has 2 aromatic rings. The van der Waals surface area contributed by atoms with Crippen LogP contribution in [0.15, 0.2) is 30.6 Å². The fraction of sp³-hybridized carbons (Fsp3) is 0.250. The molecule has 0 saturated heterocycles.